The Morgan fingerprint density at radius 2 is 1.80 bits per heavy atom. The molecule has 0 amide bonds. The SMILES string of the molecule is CCCNC(c1c(F)cc(Br)cc1F)C1CCCCC1. The monoisotopic (exact) mass is 345 g/mol. The van der Waals surface area contributed by atoms with E-state index >= 15 is 0 Å². The molecule has 1 aliphatic rings. The van der Waals surface area contributed by atoms with Crippen LogP contribution >= 0.6 is 15.9 Å². The first kappa shape index (κ1) is 15.9. The average Bonchev–Trinajstić information content (AvgIpc) is 2.42. The van der Waals surface area contributed by atoms with E-state index in [2.05, 4.69) is 28.2 Å². The normalized spacial score (nSPS) is 18.2. The van der Waals surface area contributed by atoms with Gasteiger partial charge in [-0.25, -0.2) is 8.78 Å². The zero-order valence-electron chi connectivity index (χ0n) is 11.9. The molecule has 112 valence electrons. The van der Waals surface area contributed by atoms with Crippen molar-refractivity contribution in [3.8, 4) is 0 Å². The molecule has 0 radical (unpaired) electrons. The van der Waals surface area contributed by atoms with Gasteiger partial charge in [-0.15, -0.1) is 0 Å². The van der Waals surface area contributed by atoms with E-state index in [1.807, 2.05) is 0 Å². The molecular weight excluding hydrogens is 324 g/mol. The van der Waals surface area contributed by atoms with Crippen molar-refractivity contribution in [1.82, 2.24) is 5.32 Å². The van der Waals surface area contributed by atoms with Crippen LogP contribution in [0.2, 0.25) is 0 Å². The second-order valence-electron chi connectivity index (χ2n) is 5.61. The van der Waals surface area contributed by atoms with Gasteiger partial charge in [0.05, 0.1) is 0 Å². The molecule has 1 aromatic carbocycles. The van der Waals surface area contributed by atoms with E-state index in [-0.39, 0.29) is 11.6 Å². The zero-order valence-corrected chi connectivity index (χ0v) is 13.5. The van der Waals surface area contributed by atoms with Crippen LogP contribution < -0.4 is 5.32 Å². The highest BCUT2D eigenvalue weighted by Gasteiger charge is 2.29. The molecular formula is C16H22BrF2N. The van der Waals surface area contributed by atoms with Crippen LogP contribution in [0.3, 0.4) is 0 Å². The zero-order chi connectivity index (χ0) is 14.5. The van der Waals surface area contributed by atoms with Gasteiger partial charge in [0.1, 0.15) is 11.6 Å². The average molecular weight is 346 g/mol. The number of hydrogen-bond acceptors (Lipinski definition) is 1. The lowest BCUT2D eigenvalue weighted by molar-refractivity contribution is 0.262. The summed E-state index contributed by atoms with van der Waals surface area (Å²) in [5.41, 5.74) is 0.216. The van der Waals surface area contributed by atoms with Gasteiger partial charge in [0.15, 0.2) is 0 Å². The number of benzene rings is 1. The van der Waals surface area contributed by atoms with Gasteiger partial charge in [0, 0.05) is 16.1 Å². The Morgan fingerprint density at radius 3 is 2.35 bits per heavy atom. The first-order valence-electron chi connectivity index (χ1n) is 7.51. The van der Waals surface area contributed by atoms with Crippen LogP contribution in [0.25, 0.3) is 0 Å². The van der Waals surface area contributed by atoms with Crippen molar-refractivity contribution in [2.45, 2.75) is 51.5 Å². The summed E-state index contributed by atoms with van der Waals surface area (Å²) in [5, 5.41) is 3.36. The van der Waals surface area contributed by atoms with Gasteiger partial charge >= 0.3 is 0 Å². The van der Waals surface area contributed by atoms with Crippen LogP contribution in [-0.4, -0.2) is 6.54 Å². The van der Waals surface area contributed by atoms with Crippen LogP contribution in [0.1, 0.15) is 57.1 Å². The lowest BCUT2D eigenvalue weighted by atomic mass is 9.80. The van der Waals surface area contributed by atoms with Gasteiger partial charge in [0.2, 0.25) is 0 Å². The Hall–Kier alpha value is -0.480. The van der Waals surface area contributed by atoms with Crippen LogP contribution in [0.4, 0.5) is 8.78 Å². The van der Waals surface area contributed by atoms with E-state index in [9.17, 15) is 8.78 Å². The second kappa shape index (κ2) is 7.51. The van der Waals surface area contributed by atoms with E-state index in [1.54, 1.807) is 0 Å². The predicted octanol–water partition coefficient (Wildman–Crippen LogP) is 5.35. The second-order valence-corrected chi connectivity index (χ2v) is 6.53. The maximum Gasteiger partial charge on any atom is 0.132 e. The lowest BCUT2D eigenvalue weighted by Crippen LogP contribution is -2.32. The maximum atomic E-state index is 14.2. The van der Waals surface area contributed by atoms with Gasteiger partial charge in [-0.3, -0.25) is 0 Å². The molecule has 0 aliphatic heterocycles. The van der Waals surface area contributed by atoms with Crippen molar-refractivity contribution >= 4 is 15.9 Å². The molecule has 1 nitrogen and oxygen atoms in total. The standard InChI is InChI=1S/C16H22BrF2N/c1-2-8-20-16(11-6-4-3-5-7-11)15-13(18)9-12(17)10-14(15)19/h9-11,16,20H,2-8H2,1H3. The fourth-order valence-corrected chi connectivity index (χ4v) is 3.52. The van der Waals surface area contributed by atoms with E-state index in [0.717, 1.165) is 38.6 Å². The molecule has 1 aromatic rings. The molecule has 0 saturated heterocycles. The molecule has 1 atom stereocenters. The fraction of sp³-hybridized carbons (Fsp3) is 0.625. The summed E-state index contributed by atoms with van der Waals surface area (Å²) >= 11 is 3.14. The predicted molar refractivity (Wildman–Crippen MR) is 81.7 cm³/mol. The topological polar surface area (TPSA) is 12.0 Å². The van der Waals surface area contributed by atoms with Crippen molar-refractivity contribution in [2.24, 2.45) is 5.92 Å². The smallest absolute Gasteiger partial charge is 0.132 e. The first-order chi connectivity index (χ1) is 9.63. The molecule has 1 fully saturated rings. The summed E-state index contributed by atoms with van der Waals surface area (Å²) in [6.07, 6.45) is 6.63. The van der Waals surface area contributed by atoms with Crippen molar-refractivity contribution < 1.29 is 8.78 Å². The molecule has 0 heterocycles. The summed E-state index contributed by atoms with van der Waals surface area (Å²) in [6.45, 7) is 2.86. The molecule has 0 aromatic heterocycles. The van der Waals surface area contributed by atoms with Gasteiger partial charge in [0.25, 0.3) is 0 Å². The van der Waals surface area contributed by atoms with Crippen LogP contribution in [0.5, 0.6) is 0 Å². The minimum Gasteiger partial charge on any atom is -0.310 e. The number of rotatable bonds is 5. The minimum absolute atomic E-state index is 0.205. The summed E-state index contributed by atoms with van der Waals surface area (Å²) in [7, 11) is 0. The molecule has 4 heteroatoms. The van der Waals surface area contributed by atoms with E-state index < -0.39 is 11.6 Å². The largest absolute Gasteiger partial charge is 0.310 e. The van der Waals surface area contributed by atoms with Gasteiger partial charge in [-0.05, 0) is 43.9 Å². The van der Waals surface area contributed by atoms with Crippen LogP contribution in [0, 0.1) is 17.6 Å². The van der Waals surface area contributed by atoms with Gasteiger partial charge < -0.3 is 5.32 Å². The highest BCUT2D eigenvalue weighted by Crippen LogP contribution is 2.37. The summed E-state index contributed by atoms with van der Waals surface area (Å²) in [4.78, 5) is 0. The molecule has 0 spiro atoms. The van der Waals surface area contributed by atoms with Crippen LogP contribution in [0.15, 0.2) is 16.6 Å². The maximum absolute atomic E-state index is 14.2. The molecule has 1 N–H and O–H groups in total. The van der Waals surface area contributed by atoms with Crippen molar-refractivity contribution in [3.63, 3.8) is 0 Å². The molecule has 20 heavy (non-hydrogen) atoms. The quantitative estimate of drug-likeness (QED) is 0.758. The summed E-state index contributed by atoms with van der Waals surface area (Å²) < 4.78 is 28.9. The lowest BCUT2D eigenvalue weighted by Gasteiger charge is -2.32. The third-order valence-electron chi connectivity index (χ3n) is 4.09. The number of halogens is 3. The molecule has 1 unspecified atom stereocenters. The fourth-order valence-electron chi connectivity index (χ4n) is 3.12. The van der Waals surface area contributed by atoms with Crippen molar-refractivity contribution in [1.29, 1.82) is 0 Å². The number of hydrogen-bond donors (Lipinski definition) is 1. The third kappa shape index (κ3) is 3.79. The highest BCUT2D eigenvalue weighted by molar-refractivity contribution is 9.10. The van der Waals surface area contributed by atoms with E-state index in [1.165, 1.54) is 18.6 Å². The molecule has 2 rings (SSSR count). The Morgan fingerprint density at radius 1 is 1.20 bits per heavy atom. The van der Waals surface area contributed by atoms with Crippen molar-refractivity contribution in [3.05, 3.63) is 33.8 Å². The Balaban J connectivity index is 2.29. The van der Waals surface area contributed by atoms with Gasteiger partial charge in [-0.2, -0.15) is 0 Å². The Labute approximate surface area is 128 Å². The molecule has 1 saturated carbocycles. The van der Waals surface area contributed by atoms with Crippen molar-refractivity contribution in [2.75, 3.05) is 6.54 Å². The summed E-state index contributed by atoms with van der Waals surface area (Å²) in [5.74, 6) is -0.562. The Kier molecular flexibility index (Phi) is 5.97. The van der Waals surface area contributed by atoms with Crippen LogP contribution in [-0.2, 0) is 0 Å². The molecule has 0 bridgehead atoms. The highest BCUT2D eigenvalue weighted by atomic mass is 79.9. The first-order valence-corrected chi connectivity index (χ1v) is 8.30. The Bertz CT molecular complexity index is 421. The molecule has 1 aliphatic carbocycles. The third-order valence-corrected chi connectivity index (χ3v) is 4.55. The van der Waals surface area contributed by atoms with E-state index in [4.69, 9.17) is 0 Å². The van der Waals surface area contributed by atoms with E-state index in [0.29, 0.717) is 10.4 Å². The number of nitrogens with one attached hydrogen (secondary N) is 1. The minimum atomic E-state index is -0.448. The summed E-state index contributed by atoms with van der Waals surface area (Å²) in [6, 6.07) is 2.52. The van der Waals surface area contributed by atoms with Gasteiger partial charge in [-0.1, -0.05) is 42.1 Å².